The van der Waals surface area contributed by atoms with E-state index in [-0.39, 0.29) is 30.0 Å². The number of carbonyl (C=O) groups is 2. The molecule has 1 saturated carbocycles. The Morgan fingerprint density at radius 3 is 2.09 bits per heavy atom. The van der Waals surface area contributed by atoms with Crippen LogP contribution in [0.3, 0.4) is 0 Å². The number of piperidine rings is 2. The molecule has 3 heterocycles. The lowest BCUT2D eigenvalue weighted by Gasteiger charge is -2.46. The van der Waals surface area contributed by atoms with Crippen LogP contribution in [0.15, 0.2) is 24.3 Å². The Kier molecular flexibility index (Phi) is 6.10. The molecule has 0 radical (unpaired) electrons. The molecule has 2 bridgehead atoms. The number of halogens is 1. The summed E-state index contributed by atoms with van der Waals surface area (Å²) in [5.41, 5.74) is 0.772. The molecule has 0 N–H and O–H groups in total. The van der Waals surface area contributed by atoms with E-state index in [0.717, 1.165) is 70.1 Å². The van der Waals surface area contributed by atoms with E-state index in [1.165, 1.54) is 18.6 Å². The molecule has 1 aromatic rings. The molecule has 1 aromatic carbocycles. The van der Waals surface area contributed by atoms with Gasteiger partial charge in [-0.05, 0) is 82.1 Å². The molecule has 4 aliphatic rings. The predicted octanol–water partition coefficient (Wildman–Crippen LogP) is 4.33. The molecule has 7 heteroatoms. The van der Waals surface area contributed by atoms with Crippen LogP contribution in [0.5, 0.6) is 0 Å². The van der Waals surface area contributed by atoms with E-state index in [9.17, 15) is 14.0 Å². The molecule has 2 amide bonds. The maximum atomic E-state index is 13.3. The van der Waals surface area contributed by atoms with Crippen LogP contribution in [0.2, 0.25) is 0 Å². The van der Waals surface area contributed by atoms with E-state index in [2.05, 4.69) is 4.90 Å². The summed E-state index contributed by atoms with van der Waals surface area (Å²) < 4.78 is 19.0. The zero-order valence-corrected chi connectivity index (χ0v) is 18.9. The van der Waals surface area contributed by atoms with Crippen LogP contribution in [-0.4, -0.2) is 65.2 Å². The second-order valence-electron chi connectivity index (χ2n) is 9.99. The lowest BCUT2D eigenvalue weighted by Crippen LogP contribution is -2.56. The van der Waals surface area contributed by atoms with Gasteiger partial charge in [-0.1, -0.05) is 0 Å². The van der Waals surface area contributed by atoms with Gasteiger partial charge in [-0.2, -0.15) is 0 Å². The molecule has 4 fully saturated rings. The fraction of sp³-hybridized carbons (Fsp3) is 0.680. The van der Waals surface area contributed by atoms with Gasteiger partial charge in [0, 0.05) is 49.9 Å². The summed E-state index contributed by atoms with van der Waals surface area (Å²) in [4.78, 5) is 31.5. The first-order valence-electron chi connectivity index (χ1n) is 12.3. The molecule has 5 rings (SSSR count). The highest BCUT2D eigenvalue weighted by Crippen LogP contribution is 2.39. The summed E-state index contributed by atoms with van der Waals surface area (Å²) in [7, 11) is 0. The number of fused-ring (bicyclic) bond motifs is 2. The van der Waals surface area contributed by atoms with Crippen molar-refractivity contribution in [3.63, 3.8) is 0 Å². The average Bonchev–Trinajstić information content (AvgIpc) is 3.02. The summed E-state index contributed by atoms with van der Waals surface area (Å²) >= 11 is 0. The third-order valence-corrected chi connectivity index (χ3v) is 8.06. The number of likely N-dealkylation sites (tertiary alicyclic amines) is 1. The van der Waals surface area contributed by atoms with Crippen LogP contribution in [0, 0.1) is 5.82 Å². The first-order valence-corrected chi connectivity index (χ1v) is 12.3. The van der Waals surface area contributed by atoms with Crippen LogP contribution in [-0.2, 0) is 9.53 Å². The molecule has 0 spiro atoms. The Labute approximate surface area is 189 Å². The van der Waals surface area contributed by atoms with Crippen LogP contribution in [0.4, 0.5) is 14.9 Å². The number of ether oxygens (including phenoxy) is 1. The smallest absolute Gasteiger partial charge is 0.410 e. The van der Waals surface area contributed by atoms with Crippen molar-refractivity contribution in [2.45, 2.75) is 95.0 Å². The molecule has 2 atom stereocenters. The first-order chi connectivity index (χ1) is 15.5. The number of rotatable bonds is 4. The van der Waals surface area contributed by atoms with Crippen molar-refractivity contribution < 1.29 is 18.7 Å². The second kappa shape index (κ2) is 9.00. The van der Waals surface area contributed by atoms with Crippen LogP contribution >= 0.6 is 0 Å². The molecule has 2 unspecified atom stereocenters. The Morgan fingerprint density at radius 2 is 1.56 bits per heavy atom. The normalized spacial score (nSPS) is 28.9. The molecule has 3 saturated heterocycles. The van der Waals surface area contributed by atoms with Gasteiger partial charge in [0.05, 0.1) is 0 Å². The largest absolute Gasteiger partial charge is 0.446 e. The molecule has 0 aromatic heterocycles. The fourth-order valence-electron chi connectivity index (χ4n) is 6.20. The van der Waals surface area contributed by atoms with E-state index >= 15 is 0 Å². The lowest BCUT2D eigenvalue weighted by molar-refractivity contribution is -0.117. The van der Waals surface area contributed by atoms with Gasteiger partial charge in [-0.25, -0.2) is 9.18 Å². The second-order valence-corrected chi connectivity index (χ2v) is 9.99. The van der Waals surface area contributed by atoms with E-state index in [4.69, 9.17) is 4.74 Å². The Balaban J connectivity index is 1.17. The van der Waals surface area contributed by atoms with E-state index < -0.39 is 0 Å². The third-order valence-electron chi connectivity index (χ3n) is 8.06. The number of hydrogen-bond donors (Lipinski definition) is 0. The van der Waals surface area contributed by atoms with Crippen molar-refractivity contribution in [1.82, 2.24) is 9.80 Å². The maximum absolute atomic E-state index is 13.3. The fourth-order valence-corrected chi connectivity index (χ4v) is 6.20. The summed E-state index contributed by atoms with van der Waals surface area (Å²) in [5.74, 6) is -0.281. The summed E-state index contributed by atoms with van der Waals surface area (Å²) in [6.07, 6.45) is 9.30. The van der Waals surface area contributed by atoms with Gasteiger partial charge in [0.25, 0.3) is 0 Å². The summed E-state index contributed by atoms with van der Waals surface area (Å²) in [6, 6.07) is 7.47. The van der Waals surface area contributed by atoms with Crippen molar-refractivity contribution in [3.8, 4) is 0 Å². The quantitative estimate of drug-likeness (QED) is 0.695. The third kappa shape index (κ3) is 4.24. The zero-order valence-electron chi connectivity index (χ0n) is 18.9. The van der Waals surface area contributed by atoms with Gasteiger partial charge in [0.1, 0.15) is 11.9 Å². The SMILES string of the molecule is CC(=O)N(c1ccc(F)cc1)C1CCN(C2CC3CCC(C2)N3C(=O)OC2CCC2)CC1. The summed E-state index contributed by atoms with van der Waals surface area (Å²) in [5, 5.41) is 0. The average molecular weight is 444 g/mol. The lowest BCUT2D eigenvalue weighted by atomic mass is 9.93. The van der Waals surface area contributed by atoms with Gasteiger partial charge < -0.3 is 19.4 Å². The van der Waals surface area contributed by atoms with Crippen molar-refractivity contribution in [1.29, 1.82) is 0 Å². The number of hydrogen-bond acceptors (Lipinski definition) is 4. The Hall–Kier alpha value is -2.15. The van der Waals surface area contributed by atoms with Gasteiger partial charge in [0.2, 0.25) is 5.91 Å². The van der Waals surface area contributed by atoms with E-state index in [1.807, 2.05) is 9.80 Å². The molecular formula is C25H34FN3O3. The van der Waals surface area contributed by atoms with Crippen molar-refractivity contribution in [2.75, 3.05) is 18.0 Å². The van der Waals surface area contributed by atoms with Gasteiger partial charge in [-0.3, -0.25) is 4.79 Å². The van der Waals surface area contributed by atoms with E-state index in [0.29, 0.717) is 18.1 Å². The van der Waals surface area contributed by atoms with Gasteiger partial charge in [0.15, 0.2) is 0 Å². The predicted molar refractivity (Wildman–Crippen MR) is 120 cm³/mol. The number of carbonyl (C=O) groups excluding carboxylic acids is 2. The van der Waals surface area contributed by atoms with Gasteiger partial charge in [-0.15, -0.1) is 0 Å². The zero-order chi connectivity index (χ0) is 22.2. The number of nitrogens with zero attached hydrogens (tertiary/aromatic N) is 3. The minimum atomic E-state index is -0.287. The molecule has 174 valence electrons. The van der Waals surface area contributed by atoms with Gasteiger partial charge >= 0.3 is 6.09 Å². The number of benzene rings is 1. The standard InChI is InChI=1S/C25H34FN3O3/c1-17(30)28(19-7-5-18(26)6-8-19)20-11-13-27(14-12-20)23-15-21-9-10-22(16-23)29(21)25(31)32-24-3-2-4-24/h5-8,20-24H,2-4,9-16H2,1H3. The first kappa shape index (κ1) is 21.7. The van der Waals surface area contributed by atoms with Crippen molar-refractivity contribution in [2.24, 2.45) is 0 Å². The highest BCUT2D eigenvalue weighted by Gasteiger charge is 2.46. The van der Waals surface area contributed by atoms with Crippen molar-refractivity contribution in [3.05, 3.63) is 30.1 Å². The van der Waals surface area contributed by atoms with E-state index in [1.54, 1.807) is 19.1 Å². The monoisotopic (exact) mass is 443 g/mol. The maximum Gasteiger partial charge on any atom is 0.410 e. The molecule has 3 aliphatic heterocycles. The molecular weight excluding hydrogens is 409 g/mol. The molecule has 32 heavy (non-hydrogen) atoms. The van der Waals surface area contributed by atoms with Crippen molar-refractivity contribution >= 4 is 17.7 Å². The topological polar surface area (TPSA) is 53.1 Å². The van der Waals surface area contributed by atoms with Crippen LogP contribution in [0.25, 0.3) is 0 Å². The minimum Gasteiger partial charge on any atom is -0.446 e. The Bertz CT molecular complexity index is 821. The Morgan fingerprint density at radius 1 is 0.938 bits per heavy atom. The summed E-state index contributed by atoms with van der Waals surface area (Å²) in [6.45, 7) is 3.49. The molecule has 6 nitrogen and oxygen atoms in total. The number of amides is 2. The van der Waals surface area contributed by atoms with Crippen LogP contribution in [0.1, 0.15) is 64.7 Å². The highest BCUT2D eigenvalue weighted by molar-refractivity contribution is 5.92. The minimum absolute atomic E-state index is 0.00591. The number of anilines is 1. The molecule has 1 aliphatic carbocycles. The van der Waals surface area contributed by atoms with Crippen LogP contribution < -0.4 is 4.90 Å². The highest BCUT2D eigenvalue weighted by atomic mass is 19.1.